The molecule has 0 saturated carbocycles. The summed E-state index contributed by atoms with van der Waals surface area (Å²) in [5.74, 6) is 0.817. The van der Waals surface area contributed by atoms with E-state index in [-0.39, 0.29) is 5.91 Å². The van der Waals surface area contributed by atoms with Crippen LogP contribution in [0.2, 0.25) is 4.34 Å². The van der Waals surface area contributed by atoms with Crippen LogP contribution in [0.5, 0.6) is 0 Å². The number of aromatic nitrogens is 2. The van der Waals surface area contributed by atoms with Gasteiger partial charge in [0.2, 0.25) is 0 Å². The second-order valence-corrected chi connectivity index (χ2v) is 6.79. The lowest BCUT2D eigenvalue weighted by Crippen LogP contribution is -2.31. The highest BCUT2D eigenvalue weighted by atomic mass is 35.5. The van der Waals surface area contributed by atoms with Gasteiger partial charge in [-0.1, -0.05) is 17.7 Å². The summed E-state index contributed by atoms with van der Waals surface area (Å²) in [5, 5.41) is 2.88. The molecule has 0 atom stereocenters. The van der Waals surface area contributed by atoms with Gasteiger partial charge in [-0.3, -0.25) is 9.36 Å². The van der Waals surface area contributed by atoms with Gasteiger partial charge in [-0.2, -0.15) is 0 Å². The van der Waals surface area contributed by atoms with Gasteiger partial charge in [0, 0.05) is 30.2 Å². The first-order chi connectivity index (χ1) is 10.7. The maximum atomic E-state index is 12.0. The Hall–Kier alpha value is -2.11. The molecule has 1 aliphatic rings. The minimum absolute atomic E-state index is 0.0102. The summed E-state index contributed by atoms with van der Waals surface area (Å²) >= 11 is 7.50. The number of hydrogen-bond donors (Lipinski definition) is 1. The van der Waals surface area contributed by atoms with E-state index in [2.05, 4.69) is 10.3 Å². The fourth-order valence-corrected chi connectivity index (χ4v) is 3.72. The van der Waals surface area contributed by atoms with Crippen LogP contribution in [0.15, 0.2) is 42.7 Å². The lowest BCUT2D eigenvalue weighted by Gasteiger charge is -2.17. The molecule has 110 valence electrons. The van der Waals surface area contributed by atoms with Crippen LogP contribution in [-0.2, 0) is 6.42 Å². The number of thiophene rings is 1. The minimum atomic E-state index is -0.0102. The van der Waals surface area contributed by atoms with Gasteiger partial charge in [0.25, 0.3) is 5.91 Å². The highest BCUT2D eigenvalue weighted by molar-refractivity contribution is 7.19. The summed E-state index contributed by atoms with van der Waals surface area (Å²) in [6, 6.07) is 9.79. The molecular weight excluding hydrogens is 318 g/mol. The third-order valence-corrected chi connectivity index (χ3v) is 4.96. The molecule has 22 heavy (non-hydrogen) atoms. The lowest BCUT2D eigenvalue weighted by molar-refractivity contribution is 0.0946. The average molecular weight is 330 g/mol. The van der Waals surface area contributed by atoms with E-state index in [1.165, 1.54) is 11.3 Å². The Labute approximate surface area is 136 Å². The number of amides is 1. The summed E-state index contributed by atoms with van der Waals surface area (Å²) in [6.07, 6.45) is 4.52. The number of halogens is 1. The van der Waals surface area contributed by atoms with E-state index in [0.29, 0.717) is 6.54 Å². The summed E-state index contributed by atoms with van der Waals surface area (Å²) in [5.41, 5.74) is 2.76. The monoisotopic (exact) mass is 329 g/mol. The third kappa shape index (κ3) is 2.23. The summed E-state index contributed by atoms with van der Waals surface area (Å²) in [6.45, 7) is 0.704. The van der Waals surface area contributed by atoms with Crippen molar-refractivity contribution in [1.82, 2.24) is 14.9 Å². The molecule has 0 bridgehead atoms. The van der Waals surface area contributed by atoms with Gasteiger partial charge in [0.1, 0.15) is 0 Å². The van der Waals surface area contributed by atoms with E-state index in [0.717, 1.165) is 38.3 Å². The fourth-order valence-electron chi connectivity index (χ4n) is 2.68. The van der Waals surface area contributed by atoms with Gasteiger partial charge < -0.3 is 5.32 Å². The topological polar surface area (TPSA) is 46.9 Å². The normalized spacial score (nSPS) is 13.8. The number of carbonyl (C=O) groups is 1. The Balaban J connectivity index is 1.82. The van der Waals surface area contributed by atoms with Crippen molar-refractivity contribution in [3.63, 3.8) is 0 Å². The SMILES string of the molecule is O=C1NCCc2ccc(-n3ccnc3-c3ccc(Cl)s3)cc21. The van der Waals surface area contributed by atoms with Crippen LogP contribution in [-0.4, -0.2) is 22.0 Å². The summed E-state index contributed by atoms with van der Waals surface area (Å²) < 4.78 is 2.71. The predicted octanol–water partition coefficient (Wildman–Crippen LogP) is 3.54. The molecule has 4 rings (SSSR count). The summed E-state index contributed by atoms with van der Waals surface area (Å²) in [7, 11) is 0. The van der Waals surface area contributed by atoms with E-state index in [9.17, 15) is 4.79 Å². The smallest absolute Gasteiger partial charge is 0.251 e. The number of rotatable bonds is 2. The molecule has 1 amide bonds. The third-order valence-electron chi connectivity index (χ3n) is 3.73. The Morgan fingerprint density at radius 1 is 1.27 bits per heavy atom. The first-order valence-electron chi connectivity index (χ1n) is 6.93. The number of hydrogen-bond acceptors (Lipinski definition) is 3. The molecule has 1 N–H and O–H groups in total. The number of benzene rings is 1. The van der Waals surface area contributed by atoms with Gasteiger partial charge in [-0.25, -0.2) is 4.98 Å². The van der Waals surface area contributed by atoms with Crippen molar-refractivity contribution < 1.29 is 4.79 Å². The van der Waals surface area contributed by atoms with E-state index < -0.39 is 0 Å². The molecule has 1 aliphatic heterocycles. The maximum absolute atomic E-state index is 12.0. The van der Waals surface area contributed by atoms with Gasteiger partial charge >= 0.3 is 0 Å². The Morgan fingerprint density at radius 3 is 3.00 bits per heavy atom. The van der Waals surface area contributed by atoms with Crippen LogP contribution in [0.4, 0.5) is 0 Å². The number of nitrogens with zero attached hydrogens (tertiary/aromatic N) is 2. The molecule has 0 fully saturated rings. The molecule has 6 heteroatoms. The van der Waals surface area contributed by atoms with Crippen LogP contribution in [0.25, 0.3) is 16.4 Å². The second kappa shape index (κ2) is 5.26. The van der Waals surface area contributed by atoms with Crippen molar-refractivity contribution in [3.8, 4) is 16.4 Å². The number of fused-ring (bicyclic) bond motifs is 1. The molecule has 0 saturated heterocycles. The number of nitrogens with one attached hydrogen (secondary N) is 1. The van der Waals surface area contributed by atoms with Crippen LogP contribution in [0.3, 0.4) is 0 Å². The van der Waals surface area contributed by atoms with E-state index >= 15 is 0 Å². The standard InChI is InChI=1S/C16H12ClN3OS/c17-14-4-3-13(22-14)15-18-7-8-20(15)11-2-1-10-5-6-19-16(21)12(10)9-11/h1-4,7-9H,5-6H2,(H,19,21). The molecule has 3 heterocycles. The van der Waals surface area contributed by atoms with E-state index in [1.54, 1.807) is 6.20 Å². The molecule has 0 unspecified atom stereocenters. The van der Waals surface area contributed by atoms with Crippen molar-refractivity contribution in [3.05, 3.63) is 58.2 Å². The van der Waals surface area contributed by atoms with Crippen LogP contribution in [0.1, 0.15) is 15.9 Å². The molecular formula is C16H12ClN3OS. The highest BCUT2D eigenvalue weighted by Crippen LogP contribution is 2.31. The van der Waals surface area contributed by atoms with Gasteiger partial charge in [0.15, 0.2) is 5.82 Å². The number of carbonyl (C=O) groups excluding carboxylic acids is 1. The largest absolute Gasteiger partial charge is 0.352 e. The van der Waals surface area contributed by atoms with E-state index in [4.69, 9.17) is 11.6 Å². The zero-order chi connectivity index (χ0) is 15.1. The highest BCUT2D eigenvalue weighted by Gasteiger charge is 2.18. The fraction of sp³-hybridized carbons (Fsp3) is 0.125. The first-order valence-corrected chi connectivity index (χ1v) is 8.12. The van der Waals surface area contributed by atoms with Crippen molar-refractivity contribution in [1.29, 1.82) is 0 Å². The maximum Gasteiger partial charge on any atom is 0.251 e. The van der Waals surface area contributed by atoms with Crippen molar-refractivity contribution >= 4 is 28.8 Å². The Bertz CT molecular complexity index is 868. The quantitative estimate of drug-likeness (QED) is 0.781. The lowest BCUT2D eigenvalue weighted by atomic mass is 10.00. The van der Waals surface area contributed by atoms with Gasteiger partial charge in [0.05, 0.1) is 9.21 Å². The zero-order valence-electron chi connectivity index (χ0n) is 11.5. The number of imidazole rings is 1. The van der Waals surface area contributed by atoms with Crippen molar-refractivity contribution in [2.45, 2.75) is 6.42 Å². The molecule has 1 aromatic carbocycles. The first kappa shape index (κ1) is 13.5. The molecule has 2 aromatic heterocycles. The average Bonchev–Trinajstić information content (AvgIpc) is 3.16. The van der Waals surface area contributed by atoms with E-state index in [1.807, 2.05) is 41.1 Å². The zero-order valence-corrected chi connectivity index (χ0v) is 13.1. The van der Waals surface area contributed by atoms with Gasteiger partial charge in [-0.15, -0.1) is 11.3 Å². The van der Waals surface area contributed by atoms with Crippen LogP contribution in [0, 0.1) is 0 Å². The Kier molecular flexibility index (Phi) is 3.24. The molecule has 0 spiro atoms. The van der Waals surface area contributed by atoms with Crippen molar-refractivity contribution in [2.75, 3.05) is 6.54 Å². The van der Waals surface area contributed by atoms with Gasteiger partial charge in [-0.05, 0) is 36.2 Å². The summed E-state index contributed by atoms with van der Waals surface area (Å²) in [4.78, 5) is 17.4. The molecule has 0 radical (unpaired) electrons. The second-order valence-electron chi connectivity index (χ2n) is 5.07. The van der Waals surface area contributed by atoms with Crippen molar-refractivity contribution in [2.24, 2.45) is 0 Å². The minimum Gasteiger partial charge on any atom is -0.352 e. The van der Waals surface area contributed by atoms with Crippen LogP contribution >= 0.6 is 22.9 Å². The molecule has 0 aliphatic carbocycles. The molecule has 4 nitrogen and oxygen atoms in total. The predicted molar refractivity (Wildman–Crippen MR) is 87.9 cm³/mol. The molecule has 3 aromatic rings. The van der Waals surface area contributed by atoms with Crippen LogP contribution < -0.4 is 5.32 Å². The Morgan fingerprint density at radius 2 is 2.18 bits per heavy atom.